The zero-order valence-electron chi connectivity index (χ0n) is 10.7. The monoisotopic (exact) mass is 290 g/mol. The number of hydrogen-bond donors (Lipinski definition) is 1. The highest BCUT2D eigenvalue weighted by molar-refractivity contribution is 6.30. The number of carbonyl (C=O) groups is 1. The lowest BCUT2D eigenvalue weighted by Gasteiger charge is -2.07. The first-order chi connectivity index (χ1) is 9.69. The predicted octanol–water partition coefficient (Wildman–Crippen LogP) is 1.58. The minimum Gasteiger partial charge on any atom is -0.464 e. The maximum atomic E-state index is 11.8. The Morgan fingerprint density at radius 3 is 2.90 bits per heavy atom. The van der Waals surface area contributed by atoms with Crippen LogP contribution in [0.4, 0.5) is 0 Å². The number of hydrogen-bond acceptors (Lipinski definition) is 6. The van der Waals surface area contributed by atoms with E-state index in [1.54, 1.807) is 12.1 Å². The molecule has 2 aromatic heterocycles. The van der Waals surface area contributed by atoms with Gasteiger partial charge < -0.3 is 10.1 Å². The average molecular weight is 291 g/mol. The molecule has 1 aliphatic rings. The second-order valence-electron chi connectivity index (χ2n) is 4.28. The van der Waals surface area contributed by atoms with Crippen molar-refractivity contribution < 1.29 is 9.53 Å². The van der Waals surface area contributed by atoms with Crippen LogP contribution < -0.4 is 5.32 Å². The molecule has 0 bridgehead atoms. The van der Waals surface area contributed by atoms with Gasteiger partial charge in [0.1, 0.15) is 5.69 Å². The summed E-state index contributed by atoms with van der Waals surface area (Å²) < 4.78 is 4.77. The van der Waals surface area contributed by atoms with Crippen LogP contribution in [-0.2, 0) is 17.8 Å². The number of halogens is 1. The zero-order valence-corrected chi connectivity index (χ0v) is 11.4. The number of aromatic nitrogens is 3. The van der Waals surface area contributed by atoms with Crippen molar-refractivity contribution in [3.8, 4) is 11.5 Å². The molecule has 102 valence electrons. The molecule has 0 atom stereocenters. The minimum atomic E-state index is -0.470. The molecule has 2 aromatic rings. The van der Waals surface area contributed by atoms with Crippen LogP contribution in [0.25, 0.3) is 11.5 Å². The van der Waals surface area contributed by atoms with E-state index in [4.69, 9.17) is 16.3 Å². The van der Waals surface area contributed by atoms with Gasteiger partial charge in [-0.2, -0.15) is 0 Å². The molecule has 1 aliphatic heterocycles. The standard InChI is InChI=1S/C13H11ClN4O2/c1-20-13(19)11-8-5-15-6-10(8)17-12(18-11)9-3-2-7(14)4-16-9/h2-4,15H,5-6H2,1H3. The molecule has 0 radical (unpaired) electrons. The van der Waals surface area contributed by atoms with E-state index in [1.807, 2.05) is 0 Å². The number of esters is 1. The van der Waals surface area contributed by atoms with Crippen LogP contribution in [0.5, 0.6) is 0 Å². The van der Waals surface area contributed by atoms with Gasteiger partial charge in [0.25, 0.3) is 0 Å². The first kappa shape index (κ1) is 13.0. The summed E-state index contributed by atoms with van der Waals surface area (Å²) in [7, 11) is 1.33. The van der Waals surface area contributed by atoms with Crippen LogP contribution in [0.3, 0.4) is 0 Å². The summed E-state index contributed by atoms with van der Waals surface area (Å²) in [5.74, 6) is -0.0768. The van der Waals surface area contributed by atoms with E-state index in [0.29, 0.717) is 29.6 Å². The number of fused-ring (bicyclic) bond motifs is 1. The second kappa shape index (κ2) is 5.15. The van der Waals surface area contributed by atoms with Crippen molar-refractivity contribution in [2.45, 2.75) is 13.1 Å². The van der Waals surface area contributed by atoms with Gasteiger partial charge in [-0.1, -0.05) is 11.6 Å². The molecule has 3 rings (SSSR count). The van der Waals surface area contributed by atoms with Crippen LogP contribution in [-0.4, -0.2) is 28.0 Å². The fraction of sp³-hybridized carbons (Fsp3) is 0.231. The third-order valence-electron chi connectivity index (χ3n) is 3.02. The van der Waals surface area contributed by atoms with Crippen LogP contribution >= 0.6 is 11.6 Å². The van der Waals surface area contributed by atoms with Crippen LogP contribution in [0, 0.1) is 0 Å². The predicted molar refractivity (Wildman–Crippen MR) is 72.2 cm³/mol. The van der Waals surface area contributed by atoms with Gasteiger partial charge in [-0.25, -0.2) is 14.8 Å². The Balaban J connectivity index is 2.13. The summed E-state index contributed by atoms with van der Waals surface area (Å²) in [5, 5.41) is 3.68. The highest BCUT2D eigenvalue weighted by Crippen LogP contribution is 2.22. The van der Waals surface area contributed by atoms with Gasteiger partial charge in [0.2, 0.25) is 0 Å². The van der Waals surface area contributed by atoms with E-state index < -0.39 is 5.97 Å². The van der Waals surface area contributed by atoms with Crippen molar-refractivity contribution >= 4 is 17.6 Å². The normalized spacial score (nSPS) is 13.1. The fourth-order valence-corrected chi connectivity index (χ4v) is 2.17. The third kappa shape index (κ3) is 2.23. The van der Waals surface area contributed by atoms with Gasteiger partial charge in [0, 0.05) is 24.8 Å². The number of ether oxygens (including phenoxy) is 1. The van der Waals surface area contributed by atoms with Crippen molar-refractivity contribution in [1.82, 2.24) is 20.3 Å². The zero-order chi connectivity index (χ0) is 14.1. The molecule has 0 saturated heterocycles. The SMILES string of the molecule is COC(=O)c1nc(-c2ccc(Cl)cn2)nc2c1CNC2. The number of methoxy groups -OCH3 is 1. The van der Waals surface area contributed by atoms with E-state index in [2.05, 4.69) is 20.3 Å². The summed E-state index contributed by atoms with van der Waals surface area (Å²) in [6.45, 7) is 1.16. The molecule has 0 aromatic carbocycles. The lowest BCUT2D eigenvalue weighted by molar-refractivity contribution is 0.0592. The van der Waals surface area contributed by atoms with E-state index in [9.17, 15) is 4.79 Å². The van der Waals surface area contributed by atoms with E-state index >= 15 is 0 Å². The maximum absolute atomic E-state index is 11.8. The Kier molecular flexibility index (Phi) is 3.33. The summed E-state index contributed by atoms with van der Waals surface area (Å²) in [6, 6.07) is 3.42. The largest absolute Gasteiger partial charge is 0.464 e. The van der Waals surface area contributed by atoms with Crippen molar-refractivity contribution in [3.63, 3.8) is 0 Å². The van der Waals surface area contributed by atoms with E-state index in [1.165, 1.54) is 13.3 Å². The smallest absolute Gasteiger partial charge is 0.357 e. The van der Waals surface area contributed by atoms with Crippen LogP contribution in [0.15, 0.2) is 18.3 Å². The Hall–Kier alpha value is -2.05. The highest BCUT2D eigenvalue weighted by atomic mass is 35.5. The van der Waals surface area contributed by atoms with Crippen molar-refractivity contribution in [2.75, 3.05) is 7.11 Å². The molecule has 0 amide bonds. The lowest BCUT2D eigenvalue weighted by atomic mass is 10.2. The molecule has 7 heteroatoms. The molecular weight excluding hydrogens is 280 g/mol. The molecule has 0 saturated carbocycles. The molecular formula is C13H11ClN4O2. The summed E-state index contributed by atoms with van der Waals surface area (Å²) >= 11 is 5.81. The Morgan fingerprint density at radius 2 is 2.20 bits per heavy atom. The molecule has 0 fully saturated rings. The molecule has 0 spiro atoms. The second-order valence-corrected chi connectivity index (χ2v) is 4.71. The summed E-state index contributed by atoms with van der Waals surface area (Å²) in [4.78, 5) is 24.7. The van der Waals surface area contributed by atoms with E-state index in [-0.39, 0.29) is 5.69 Å². The summed E-state index contributed by atoms with van der Waals surface area (Å²) in [5.41, 5.74) is 2.44. The van der Waals surface area contributed by atoms with Gasteiger partial charge in [-0.05, 0) is 12.1 Å². The van der Waals surface area contributed by atoms with Crippen molar-refractivity contribution in [1.29, 1.82) is 0 Å². The third-order valence-corrected chi connectivity index (χ3v) is 3.25. The topological polar surface area (TPSA) is 77.0 Å². The number of rotatable bonds is 2. The van der Waals surface area contributed by atoms with Gasteiger partial charge in [0.05, 0.1) is 17.8 Å². The van der Waals surface area contributed by atoms with Gasteiger partial charge in [0.15, 0.2) is 11.5 Å². The first-order valence-corrected chi connectivity index (χ1v) is 6.37. The quantitative estimate of drug-likeness (QED) is 0.846. The molecule has 20 heavy (non-hydrogen) atoms. The first-order valence-electron chi connectivity index (χ1n) is 6.00. The summed E-state index contributed by atoms with van der Waals surface area (Å²) in [6.07, 6.45) is 1.52. The Morgan fingerprint density at radius 1 is 1.35 bits per heavy atom. The molecule has 1 N–H and O–H groups in total. The number of nitrogens with zero attached hydrogens (tertiary/aromatic N) is 3. The lowest BCUT2D eigenvalue weighted by Crippen LogP contribution is -2.12. The molecule has 3 heterocycles. The minimum absolute atomic E-state index is 0.286. The number of nitrogens with one attached hydrogen (secondary N) is 1. The average Bonchev–Trinajstić information content (AvgIpc) is 2.94. The molecule has 0 aliphatic carbocycles. The number of carbonyl (C=O) groups excluding carboxylic acids is 1. The van der Waals surface area contributed by atoms with Crippen LogP contribution in [0.2, 0.25) is 5.02 Å². The maximum Gasteiger partial charge on any atom is 0.357 e. The number of pyridine rings is 1. The molecule has 0 unspecified atom stereocenters. The van der Waals surface area contributed by atoms with Gasteiger partial charge in [-0.3, -0.25) is 4.98 Å². The van der Waals surface area contributed by atoms with Crippen LogP contribution in [0.1, 0.15) is 21.7 Å². The highest BCUT2D eigenvalue weighted by Gasteiger charge is 2.24. The molecule has 6 nitrogen and oxygen atoms in total. The van der Waals surface area contributed by atoms with E-state index in [0.717, 1.165) is 11.3 Å². The van der Waals surface area contributed by atoms with Crippen molar-refractivity contribution in [3.05, 3.63) is 40.3 Å². The Bertz CT molecular complexity index is 673. The van der Waals surface area contributed by atoms with Gasteiger partial charge >= 0.3 is 5.97 Å². The van der Waals surface area contributed by atoms with Gasteiger partial charge in [-0.15, -0.1) is 0 Å². The van der Waals surface area contributed by atoms with Crippen molar-refractivity contribution in [2.24, 2.45) is 0 Å². The Labute approximate surface area is 120 Å². The fourth-order valence-electron chi connectivity index (χ4n) is 2.06.